The Morgan fingerprint density at radius 1 is 1.21 bits per heavy atom. The lowest BCUT2D eigenvalue weighted by atomic mass is 9.62. The molecule has 180 valence electrons. The Hall–Kier alpha value is -3.23. The molecule has 9 heteroatoms. The Balaban J connectivity index is 1.48. The molecule has 34 heavy (non-hydrogen) atoms. The van der Waals surface area contributed by atoms with Crippen molar-refractivity contribution in [1.29, 1.82) is 0 Å². The van der Waals surface area contributed by atoms with Crippen LogP contribution in [0.25, 0.3) is 0 Å². The van der Waals surface area contributed by atoms with E-state index in [4.69, 9.17) is 0 Å². The normalized spacial score (nSPS) is 20.7. The molecule has 0 unspecified atom stereocenters. The van der Waals surface area contributed by atoms with Crippen molar-refractivity contribution in [3.63, 3.8) is 0 Å². The van der Waals surface area contributed by atoms with Gasteiger partial charge in [0.05, 0.1) is 5.56 Å². The number of carbonyl (C=O) groups is 2. The number of benzene rings is 1. The maximum atomic E-state index is 14.0. The molecule has 1 N–H and O–H groups in total. The molecule has 0 radical (unpaired) electrons. The van der Waals surface area contributed by atoms with Gasteiger partial charge >= 0.3 is 0 Å². The van der Waals surface area contributed by atoms with Crippen LogP contribution in [0, 0.1) is 17.0 Å². The van der Waals surface area contributed by atoms with Crippen LogP contribution in [0.5, 0.6) is 5.75 Å². The van der Waals surface area contributed by atoms with Crippen LogP contribution in [0.3, 0.4) is 0 Å². The molecule has 2 aliphatic heterocycles. The van der Waals surface area contributed by atoms with E-state index in [9.17, 15) is 28.3 Å². The Morgan fingerprint density at radius 2 is 1.97 bits per heavy atom. The van der Waals surface area contributed by atoms with E-state index >= 15 is 0 Å². The van der Waals surface area contributed by atoms with Crippen molar-refractivity contribution in [3.8, 4) is 5.75 Å². The Labute approximate surface area is 195 Å². The number of halogens is 2. The summed E-state index contributed by atoms with van der Waals surface area (Å²) >= 11 is 0. The van der Waals surface area contributed by atoms with Gasteiger partial charge < -0.3 is 10.0 Å². The Morgan fingerprint density at radius 3 is 2.62 bits per heavy atom. The van der Waals surface area contributed by atoms with Crippen LogP contribution in [0.2, 0.25) is 0 Å². The lowest BCUT2D eigenvalue weighted by molar-refractivity contribution is 0.00627. The van der Waals surface area contributed by atoms with Gasteiger partial charge in [-0.3, -0.25) is 24.1 Å². The van der Waals surface area contributed by atoms with Crippen LogP contribution >= 0.6 is 0 Å². The average molecular weight is 472 g/mol. The minimum Gasteiger partial charge on any atom is -0.502 e. The number of hydrogen-bond acceptors (Lipinski definition) is 5. The highest BCUT2D eigenvalue weighted by molar-refractivity contribution is 6.00. The number of aromatic hydroxyl groups is 1. The average Bonchev–Trinajstić information content (AvgIpc) is 2.79. The van der Waals surface area contributed by atoms with Crippen LogP contribution in [0.15, 0.2) is 29.2 Å². The molecule has 5 rings (SSSR count). The molecule has 1 saturated heterocycles. The van der Waals surface area contributed by atoms with Gasteiger partial charge in [0.25, 0.3) is 5.91 Å². The van der Waals surface area contributed by atoms with Crippen molar-refractivity contribution in [2.75, 3.05) is 18.1 Å². The van der Waals surface area contributed by atoms with Gasteiger partial charge in [-0.1, -0.05) is 12.5 Å². The second-order valence-electron chi connectivity index (χ2n) is 9.62. The van der Waals surface area contributed by atoms with Gasteiger partial charge in [-0.05, 0) is 56.1 Å². The van der Waals surface area contributed by atoms with Crippen LogP contribution in [-0.2, 0) is 6.42 Å². The number of ketones is 1. The van der Waals surface area contributed by atoms with Crippen molar-refractivity contribution >= 4 is 11.7 Å². The fourth-order valence-electron chi connectivity index (χ4n) is 5.67. The summed E-state index contributed by atoms with van der Waals surface area (Å²) < 4.78 is 28.6. The molecule has 1 aliphatic carbocycles. The van der Waals surface area contributed by atoms with E-state index in [1.165, 1.54) is 23.4 Å². The van der Waals surface area contributed by atoms with Gasteiger partial charge in [0.2, 0.25) is 5.43 Å². The van der Waals surface area contributed by atoms with Crippen molar-refractivity contribution in [1.82, 2.24) is 9.58 Å². The highest BCUT2D eigenvalue weighted by Crippen LogP contribution is 2.51. The summed E-state index contributed by atoms with van der Waals surface area (Å²) in [6, 6.07) is 3.12. The number of nitrogens with zero attached hydrogens (tertiary/aromatic N) is 3. The summed E-state index contributed by atoms with van der Waals surface area (Å²) in [7, 11) is 0. The second-order valence-corrected chi connectivity index (χ2v) is 9.62. The molecule has 3 aliphatic rings. The van der Waals surface area contributed by atoms with E-state index in [0.717, 1.165) is 37.8 Å². The van der Waals surface area contributed by atoms with E-state index in [0.29, 0.717) is 13.1 Å². The van der Waals surface area contributed by atoms with Gasteiger partial charge in [-0.2, -0.15) is 0 Å². The first kappa shape index (κ1) is 22.6. The number of amides is 1. The molecule has 0 bridgehead atoms. The van der Waals surface area contributed by atoms with E-state index in [2.05, 4.69) is 0 Å². The Bertz CT molecular complexity index is 1240. The third-order valence-electron chi connectivity index (χ3n) is 7.79. The number of pyridine rings is 1. The minimum atomic E-state index is -0.911. The summed E-state index contributed by atoms with van der Waals surface area (Å²) in [6.07, 6.45) is 6.12. The number of hydrogen-bond donors (Lipinski definition) is 1. The summed E-state index contributed by atoms with van der Waals surface area (Å²) in [4.78, 5) is 40.8. The number of aryl methyl sites for hydroxylation is 1. The Kier molecular flexibility index (Phi) is 5.45. The SMILES string of the molecule is CCN1C(=O)c2c(O)c(=O)c(C(=O)CCc3ccc(F)cc3F)cn2N2CCC3(CCC3)C[C@@H]12. The standard InChI is InChI=1S/C25H27F2N3O4/c1-2-28-20-13-25(8-3-9-25)10-11-29(20)30-14-17(22(32)23(33)21(30)24(28)34)19(31)7-5-15-4-6-16(26)12-18(15)27/h4,6,12,14,20,33H,2-3,5,7-11,13H2,1H3/t20-/m0/s1. The van der Waals surface area contributed by atoms with Gasteiger partial charge in [-0.15, -0.1) is 0 Å². The van der Waals surface area contributed by atoms with Crippen LogP contribution in [0.4, 0.5) is 8.78 Å². The highest BCUT2D eigenvalue weighted by Gasteiger charge is 2.49. The fraction of sp³-hybridized carbons (Fsp3) is 0.480. The number of aromatic nitrogens is 1. The smallest absolute Gasteiger partial charge is 0.278 e. The summed E-state index contributed by atoms with van der Waals surface area (Å²) in [5.74, 6) is -3.22. The number of rotatable bonds is 5. The maximum absolute atomic E-state index is 14.0. The molecule has 1 aromatic carbocycles. The van der Waals surface area contributed by atoms with Crippen LogP contribution in [-0.4, -0.2) is 45.6 Å². The zero-order valence-electron chi connectivity index (χ0n) is 19.0. The molecule has 1 amide bonds. The zero-order chi connectivity index (χ0) is 24.2. The predicted octanol–water partition coefficient (Wildman–Crippen LogP) is 3.35. The molecule has 1 saturated carbocycles. The first-order valence-electron chi connectivity index (χ1n) is 11.8. The van der Waals surface area contributed by atoms with E-state index in [1.807, 2.05) is 11.9 Å². The lowest BCUT2D eigenvalue weighted by Gasteiger charge is -2.56. The maximum Gasteiger partial charge on any atom is 0.278 e. The molecular formula is C25H27F2N3O4. The molecule has 7 nitrogen and oxygen atoms in total. The van der Waals surface area contributed by atoms with Crippen LogP contribution < -0.4 is 10.4 Å². The van der Waals surface area contributed by atoms with Gasteiger partial charge in [-0.25, -0.2) is 8.78 Å². The third-order valence-corrected chi connectivity index (χ3v) is 7.79. The largest absolute Gasteiger partial charge is 0.502 e. The van der Waals surface area contributed by atoms with E-state index < -0.39 is 34.5 Å². The highest BCUT2D eigenvalue weighted by atomic mass is 19.1. The summed E-state index contributed by atoms with van der Waals surface area (Å²) in [5.41, 5.74) is -0.900. The summed E-state index contributed by atoms with van der Waals surface area (Å²) in [6.45, 7) is 2.95. The number of Topliss-reactive ketones (excluding diaryl/α,β-unsaturated/α-hetero) is 1. The molecule has 1 aromatic heterocycles. The fourth-order valence-corrected chi connectivity index (χ4v) is 5.67. The number of carbonyl (C=O) groups excluding carboxylic acids is 2. The van der Waals surface area contributed by atoms with Crippen molar-refractivity contribution in [2.45, 2.75) is 58.0 Å². The van der Waals surface area contributed by atoms with Crippen molar-refractivity contribution in [2.24, 2.45) is 5.41 Å². The van der Waals surface area contributed by atoms with Gasteiger partial charge in [0.15, 0.2) is 17.2 Å². The quantitative estimate of drug-likeness (QED) is 0.677. The summed E-state index contributed by atoms with van der Waals surface area (Å²) in [5, 5.41) is 12.7. The molecule has 1 spiro atoms. The van der Waals surface area contributed by atoms with Gasteiger partial charge in [0, 0.05) is 31.8 Å². The zero-order valence-corrected chi connectivity index (χ0v) is 19.0. The first-order valence-corrected chi connectivity index (χ1v) is 11.8. The lowest BCUT2D eigenvalue weighted by Crippen LogP contribution is -2.66. The molecule has 1 atom stereocenters. The monoisotopic (exact) mass is 471 g/mol. The predicted molar refractivity (Wildman–Crippen MR) is 120 cm³/mol. The number of piperidine rings is 1. The molecule has 3 heterocycles. The molecule has 2 aromatic rings. The molecule has 2 fully saturated rings. The number of fused-ring (bicyclic) bond motifs is 3. The third kappa shape index (κ3) is 3.49. The first-order chi connectivity index (χ1) is 16.2. The van der Waals surface area contributed by atoms with Gasteiger partial charge in [0.1, 0.15) is 17.8 Å². The van der Waals surface area contributed by atoms with Crippen LogP contribution in [0.1, 0.15) is 71.9 Å². The molecular weight excluding hydrogens is 444 g/mol. The second kappa shape index (κ2) is 8.21. The van der Waals surface area contributed by atoms with E-state index in [1.54, 1.807) is 4.90 Å². The van der Waals surface area contributed by atoms with Crippen molar-refractivity contribution < 1.29 is 23.5 Å². The van der Waals surface area contributed by atoms with Crippen molar-refractivity contribution in [3.05, 3.63) is 63.1 Å². The topological polar surface area (TPSA) is 82.9 Å². The minimum absolute atomic E-state index is 0.0235. The van der Waals surface area contributed by atoms with E-state index in [-0.39, 0.29) is 41.2 Å².